The summed E-state index contributed by atoms with van der Waals surface area (Å²) < 4.78 is 46.2. The molecule has 1 aromatic carbocycles. The number of nitrogens with one attached hydrogen (secondary N) is 1. The molecule has 0 heterocycles. The Labute approximate surface area is 113 Å². The van der Waals surface area contributed by atoms with Crippen molar-refractivity contribution in [2.24, 2.45) is 0 Å². The summed E-state index contributed by atoms with van der Waals surface area (Å²) >= 11 is 11.4. The highest BCUT2D eigenvalue weighted by atomic mass is 35.7. The molecule has 0 amide bonds. The molecule has 0 unspecified atom stereocenters. The molecule has 0 aliphatic heterocycles. The van der Waals surface area contributed by atoms with E-state index in [-0.39, 0.29) is 20.6 Å². The minimum Gasteiger partial charge on any atom is -0.281 e. The number of hydrogen-bond donors (Lipinski definition) is 1. The Bertz CT molecular complexity index is 631. The standard InChI is InChI=1S/C7H6Cl3NO4S2/c1-16(12,13)11-7-5(8)2-4(3-6(7)9)17(10,14)15/h2-3,11H,1H3. The van der Waals surface area contributed by atoms with Gasteiger partial charge in [-0.1, -0.05) is 23.2 Å². The van der Waals surface area contributed by atoms with Crippen LogP contribution in [0.2, 0.25) is 10.0 Å². The van der Waals surface area contributed by atoms with Crippen molar-refractivity contribution < 1.29 is 16.8 Å². The highest BCUT2D eigenvalue weighted by Crippen LogP contribution is 2.34. The third-order valence-corrected chi connectivity index (χ3v) is 4.09. The smallest absolute Gasteiger partial charge is 0.261 e. The minimum absolute atomic E-state index is 0.0973. The Balaban J connectivity index is 3.40. The second kappa shape index (κ2) is 4.81. The molecule has 0 aliphatic rings. The van der Waals surface area contributed by atoms with Gasteiger partial charge in [0.25, 0.3) is 9.05 Å². The first kappa shape index (κ1) is 14.8. The highest BCUT2D eigenvalue weighted by molar-refractivity contribution is 8.13. The molecule has 0 saturated heterocycles. The molecule has 17 heavy (non-hydrogen) atoms. The monoisotopic (exact) mass is 337 g/mol. The van der Waals surface area contributed by atoms with Gasteiger partial charge in [-0.3, -0.25) is 4.72 Å². The quantitative estimate of drug-likeness (QED) is 0.858. The molecule has 0 bridgehead atoms. The molecule has 0 radical (unpaired) electrons. The van der Waals surface area contributed by atoms with E-state index >= 15 is 0 Å². The van der Waals surface area contributed by atoms with Gasteiger partial charge in [-0.2, -0.15) is 0 Å². The summed E-state index contributed by atoms with van der Waals surface area (Å²) in [5, 5.41) is -0.329. The number of anilines is 1. The third kappa shape index (κ3) is 4.18. The van der Waals surface area contributed by atoms with E-state index < -0.39 is 19.1 Å². The van der Waals surface area contributed by atoms with E-state index in [4.69, 9.17) is 33.9 Å². The molecule has 0 aromatic heterocycles. The van der Waals surface area contributed by atoms with Crippen molar-refractivity contribution in [1.82, 2.24) is 0 Å². The fraction of sp³-hybridized carbons (Fsp3) is 0.143. The van der Waals surface area contributed by atoms with Gasteiger partial charge in [-0.25, -0.2) is 16.8 Å². The predicted molar refractivity (Wildman–Crippen MR) is 68.0 cm³/mol. The van der Waals surface area contributed by atoms with Gasteiger partial charge in [0.1, 0.15) is 0 Å². The second-order valence-corrected chi connectivity index (χ2v) is 8.20. The zero-order valence-corrected chi connectivity index (χ0v) is 12.1. The van der Waals surface area contributed by atoms with E-state index in [2.05, 4.69) is 4.72 Å². The maximum atomic E-state index is 11.0. The van der Waals surface area contributed by atoms with Crippen molar-refractivity contribution in [3.63, 3.8) is 0 Å². The van der Waals surface area contributed by atoms with Crippen LogP contribution >= 0.6 is 33.9 Å². The van der Waals surface area contributed by atoms with E-state index in [0.717, 1.165) is 18.4 Å². The largest absolute Gasteiger partial charge is 0.281 e. The SMILES string of the molecule is CS(=O)(=O)Nc1c(Cl)cc(S(=O)(=O)Cl)cc1Cl. The van der Waals surface area contributed by atoms with Crippen LogP contribution in [-0.2, 0) is 19.1 Å². The Kier molecular flexibility index (Phi) is 4.20. The first-order valence-corrected chi connectivity index (χ1v) is 8.88. The summed E-state index contributed by atoms with van der Waals surface area (Å²) in [6.07, 6.45) is 0.909. The van der Waals surface area contributed by atoms with Gasteiger partial charge >= 0.3 is 0 Å². The molecule has 96 valence electrons. The van der Waals surface area contributed by atoms with Crippen LogP contribution in [0, 0.1) is 0 Å². The average molecular weight is 339 g/mol. The van der Waals surface area contributed by atoms with E-state index in [1.807, 2.05) is 0 Å². The Morgan fingerprint density at radius 3 is 1.76 bits per heavy atom. The van der Waals surface area contributed by atoms with Crippen molar-refractivity contribution in [3.8, 4) is 0 Å². The van der Waals surface area contributed by atoms with Crippen LogP contribution in [0.15, 0.2) is 17.0 Å². The lowest BCUT2D eigenvalue weighted by atomic mass is 10.3. The number of hydrogen-bond acceptors (Lipinski definition) is 4. The maximum Gasteiger partial charge on any atom is 0.261 e. The van der Waals surface area contributed by atoms with Gasteiger partial charge < -0.3 is 0 Å². The van der Waals surface area contributed by atoms with E-state index in [1.54, 1.807) is 0 Å². The fourth-order valence-corrected chi connectivity index (χ4v) is 3.17. The normalized spacial score (nSPS) is 12.5. The lowest BCUT2D eigenvalue weighted by Crippen LogP contribution is -2.10. The summed E-state index contributed by atoms with van der Waals surface area (Å²) in [5.41, 5.74) is -0.0973. The first-order chi connectivity index (χ1) is 7.50. The van der Waals surface area contributed by atoms with Gasteiger partial charge in [0.2, 0.25) is 10.0 Å². The minimum atomic E-state index is -3.98. The zero-order chi connectivity index (χ0) is 13.4. The van der Waals surface area contributed by atoms with E-state index in [9.17, 15) is 16.8 Å². The van der Waals surface area contributed by atoms with Gasteiger partial charge in [0.05, 0.1) is 26.9 Å². The average Bonchev–Trinajstić information content (AvgIpc) is 2.07. The number of halogens is 3. The summed E-state index contributed by atoms with van der Waals surface area (Å²) in [6, 6.07) is 2.01. The Hall–Kier alpha value is -0.210. The van der Waals surface area contributed by atoms with E-state index in [0.29, 0.717) is 0 Å². The predicted octanol–water partition coefficient (Wildman–Crippen LogP) is 2.29. The van der Waals surface area contributed by atoms with Crippen molar-refractivity contribution in [1.29, 1.82) is 0 Å². The van der Waals surface area contributed by atoms with Crippen molar-refractivity contribution in [2.75, 3.05) is 11.0 Å². The zero-order valence-electron chi connectivity index (χ0n) is 8.24. The number of sulfonamides is 1. The maximum absolute atomic E-state index is 11.0. The Morgan fingerprint density at radius 2 is 1.47 bits per heavy atom. The second-order valence-electron chi connectivity index (χ2n) is 3.07. The molecule has 0 saturated carbocycles. The third-order valence-electron chi connectivity index (χ3n) is 1.58. The van der Waals surface area contributed by atoms with Crippen LogP contribution in [0.25, 0.3) is 0 Å². The molecule has 1 N–H and O–H groups in total. The van der Waals surface area contributed by atoms with Crippen molar-refractivity contribution in [2.45, 2.75) is 4.90 Å². The van der Waals surface area contributed by atoms with Crippen LogP contribution in [0.4, 0.5) is 5.69 Å². The van der Waals surface area contributed by atoms with Crippen LogP contribution in [0.5, 0.6) is 0 Å². The van der Waals surface area contributed by atoms with Crippen molar-refractivity contribution >= 4 is 58.6 Å². The number of rotatable bonds is 3. The number of benzene rings is 1. The summed E-state index contributed by atoms with van der Waals surface area (Å²) in [4.78, 5) is -0.312. The fourth-order valence-electron chi connectivity index (χ4n) is 0.974. The van der Waals surface area contributed by atoms with Gasteiger partial charge in [-0.15, -0.1) is 0 Å². The Morgan fingerprint density at radius 1 is 1.06 bits per heavy atom. The topological polar surface area (TPSA) is 80.3 Å². The van der Waals surface area contributed by atoms with Crippen LogP contribution in [0.1, 0.15) is 0 Å². The van der Waals surface area contributed by atoms with Crippen molar-refractivity contribution in [3.05, 3.63) is 22.2 Å². The van der Waals surface area contributed by atoms with Crippen LogP contribution < -0.4 is 4.72 Å². The van der Waals surface area contributed by atoms with Gasteiger partial charge in [0, 0.05) is 10.7 Å². The summed E-state index contributed by atoms with van der Waals surface area (Å²) in [6.45, 7) is 0. The van der Waals surface area contributed by atoms with Gasteiger partial charge in [-0.05, 0) is 12.1 Å². The molecule has 5 nitrogen and oxygen atoms in total. The molecular formula is C7H6Cl3NO4S2. The molecule has 1 aromatic rings. The van der Waals surface area contributed by atoms with E-state index in [1.165, 1.54) is 0 Å². The highest BCUT2D eigenvalue weighted by Gasteiger charge is 2.17. The molecule has 0 atom stereocenters. The first-order valence-electron chi connectivity index (χ1n) is 3.92. The van der Waals surface area contributed by atoms with Gasteiger partial charge in [0.15, 0.2) is 0 Å². The molecule has 0 aliphatic carbocycles. The lowest BCUT2D eigenvalue weighted by molar-refractivity contribution is 0.606. The molecule has 0 fully saturated rings. The lowest BCUT2D eigenvalue weighted by Gasteiger charge is -2.09. The molecular weight excluding hydrogens is 333 g/mol. The molecule has 10 heteroatoms. The molecule has 1 rings (SSSR count). The van der Waals surface area contributed by atoms with Crippen LogP contribution in [0.3, 0.4) is 0 Å². The molecule has 0 spiro atoms. The van der Waals surface area contributed by atoms with Crippen LogP contribution in [-0.4, -0.2) is 23.1 Å². The summed E-state index contributed by atoms with van der Waals surface area (Å²) in [7, 11) is -2.45. The summed E-state index contributed by atoms with van der Waals surface area (Å²) in [5.74, 6) is 0.